The van der Waals surface area contributed by atoms with Gasteiger partial charge in [-0.05, 0) is 5.92 Å². The van der Waals surface area contributed by atoms with E-state index >= 15 is 0 Å². The molecule has 3 heteroatoms. The van der Waals surface area contributed by atoms with Crippen LogP contribution in [0.4, 0.5) is 0 Å². The molecule has 0 rings (SSSR count). The van der Waals surface area contributed by atoms with Gasteiger partial charge in [-0.15, -0.1) is 0 Å². The molecule has 0 spiro atoms. The molecule has 0 fully saturated rings. The van der Waals surface area contributed by atoms with Crippen LogP contribution in [0.5, 0.6) is 0 Å². The second kappa shape index (κ2) is 6.19. The van der Waals surface area contributed by atoms with Crippen LogP contribution in [0.3, 0.4) is 0 Å². The summed E-state index contributed by atoms with van der Waals surface area (Å²) in [6.07, 6.45) is 1.86. The molecule has 0 heterocycles. The minimum atomic E-state index is 0. The molecule has 1 unspecified atom stereocenters. The van der Waals surface area contributed by atoms with E-state index in [1.54, 1.807) is 0 Å². The molecule has 0 aromatic carbocycles. The van der Waals surface area contributed by atoms with E-state index in [1.165, 1.54) is 0 Å². The van der Waals surface area contributed by atoms with Crippen molar-refractivity contribution in [3.8, 4) is 0 Å². The van der Waals surface area contributed by atoms with Gasteiger partial charge in [0, 0.05) is 6.42 Å². The van der Waals surface area contributed by atoms with Crippen LogP contribution in [0.25, 0.3) is 0 Å². The molecule has 0 aromatic heterocycles. The number of hydrogen-bond acceptors (Lipinski definition) is 1. The molecule has 0 saturated heterocycles. The normalized spacial score (nSPS) is 11.8. The van der Waals surface area contributed by atoms with Crippen molar-refractivity contribution in [3.63, 3.8) is 0 Å². The predicted molar refractivity (Wildman–Crippen MR) is 43.1 cm³/mol. The van der Waals surface area contributed by atoms with Crippen molar-refractivity contribution in [2.75, 3.05) is 0 Å². The van der Waals surface area contributed by atoms with Crippen LogP contribution < -0.4 is 5.73 Å². The molecule has 0 aliphatic rings. The first kappa shape index (κ1) is 11.8. The molecule has 0 amide bonds. The van der Waals surface area contributed by atoms with Gasteiger partial charge in [-0.25, -0.2) is 0 Å². The van der Waals surface area contributed by atoms with Gasteiger partial charge in [-0.1, -0.05) is 20.3 Å². The van der Waals surface area contributed by atoms with Crippen molar-refractivity contribution in [2.24, 2.45) is 11.7 Å². The Kier molecular flexibility index (Phi) is 8.13. The summed E-state index contributed by atoms with van der Waals surface area (Å²) in [6.45, 7) is 4.20. The molecule has 2 nitrogen and oxygen atoms in total. The molecular formula is C6H15LiN2. The van der Waals surface area contributed by atoms with E-state index < -0.39 is 0 Å². The quantitative estimate of drug-likeness (QED) is 0.323. The van der Waals surface area contributed by atoms with Gasteiger partial charge >= 0.3 is 18.9 Å². The first-order chi connectivity index (χ1) is 3.66. The molecule has 0 bridgehead atoms. The average molecular weight is 122 g/mol. The van der Waals surface area contributed by atoms with Crippen LogP contribution in [0.1, 0.15) is 26.7 Å². The third kappa shape index (κ3) is 8.07. The molecule has 3 N–H and O–H groups in total. The molecule has 0 aliphatic carbocycles. The monoisotopic (exact) mass is 122 g/mol. The maximum atomic E-state index is 6.91. The van der Waals surface area contributed by atoms with E-state index in [1.807, 2.05) is 0 Å². The Hall–Kier alpha value is 0.0674. The maximum absolute atomic E-state index is 6.91. The summed E-state index contributed by atoms with van der Waals surface area (Å²) in [5.74, 6) is 0.881. The molecule has 0 radical (unpaired) electrons. The van der Waals surface area contributed by atoms with E-state index in [0.29, 0.717) is 11.8 Å². The topological polar surface area (TPSA) is 49.9 Å². The van der Waals surface area contributed by atoms with Gasteiger partial charge in [-0.2, -0.15) is 0 Å². The Morgan fingerprint density at radius 2 is 2.11 bits per heavy atom. The van der Waals surface area contributed by atoms with Crippen molar-refractivity contribution in [1.82, 2.24) is 0 Å². The van der Waals surface area contributed by atoms with Crippen LogP contribution in [0, 0.1) is 11.3 Å². The Balaban J connectivity index is 0. The first-order valence-corrected chi connectivity index (χ1v) is 2.99. The summed E-state index contributed by atoms with van der Waals surface area (Å²) >= 11 is 0. The summed E-state index contributed by atoms with van der Waals surface area (Å²) < 4.78 is 0. The number of rotatable bonds is 3. The Labute approximate surface area is 68.9 Å². The van der Waals surface area contributed by atoms with E-state index in [2.05, 4.69) is 13.8 Å². The fourth-order valence-corrected chi connectivity index (χ4v) is 0.520. The average Bonchev–Trinajstić information content (AvgIpc) is 1.65. The van der Waals surface area contributed by atoms with Crippen LogP contribution in [0.2, 0.25) is 0 Å². The van der Waals surface area contributed by atoms with Gasteiger partial charge in [0.2, 0.25) is 0 Å². The Morgan fingerprint density at radius 1 is 1.67 bits per heavy atom. The first-order valence-electron chi connectivity index (χ1n) is 2.99. The number of nitrogens with two attached hydrogens (primary N) is 1. The molecule has 0 aromatic rings. The van der Waals surface area contributed by atoms with E-state index in [9.17, 15) is 0 Å². The van der Waals surface area contributed by atoms with Gasteiger partial charge in [0.25, 0.3) is 0 Å². The fourth-order valence-electron chi connectivity index (χ4n) is 0.520. The summed E-state index contributed by atoms with van der Waals surface area (Å²) in [4.78, 5) is 0. The van der Waals surface area contributed by atoms with Gasteiger partial charge < -0.3 is 5.73 Å². The zero-order valence-corrected chi connectivity index (χ0v) is 5.57. The second-order valence-electron chi connectivity index (χ2n) is 2.24. The van der Waals surface area contributed by atoms with E-state index in [0.717, 1.165) is 12.8 Å². The van der Waals surface area contributed by atoms with Gasteiger partial charge in [0.1, 0.15) is 0 Å². The zero-order chi connectivity index (χ0) is 6.57. The fraction of sp³-hybridized carbons (Fsp3) is 0.833. The minimum absolute atomic E-state index is 0. The van der Waals surface area contributed by atoms with Crippen molar-refractivity contribution >= 4 is 24.7 Å². The van der Waals surface area contributed by atoms with Crippen molar-refractivity contribution < 1.29 is 0 Å². The molecule has 1 atom stereocenters. The van der Waals surface area contributed by atoms with Crippen molar-refractivity contribution in [2.45, 2.75) is 26.7 Å². The number of amidine groups is 1. The summed E-state index contributed by atoms with van der Waals surface area (Å²) in [7, 11) is 0. The van der Waals surface area contributed by atoms with E-state index in [4.69, 9.17) is 11.1 Å². The molecular weight excluding hydrogens is 107 g/mol. The molecule has 9 heavy (non-hydrogen) atoms. The van der Waals surface area contributed by atoms with Crippen molar-refractivity contribution in [3.05, 3.63) is 0 Å². The third-order valence-electron chi connectivity index (χ3n) is 1.27. The summed E-state index contributed by atoms with van der Waals surface area (Å²) in [6, 6.07) is 0. The van der Waals surface area contributed by atoms with Gasteiger partial charge in [0.05, 0.1) is 5.84 Å². The Morgan fingerprint density at radius 3 is 2.22 bits per heavy atom. The summed E-state index contributed by atoms with van der Waals surface area (Å²) in [5, 5.41) is 6.91. The zero-order valence-electron chi connectivity index (χ0n) is 5.57. The third-order valence-corrected chi connectivity index (χ3v) is 1.27. The Bertz CT molecular complexity index is 83.1. The second-order valence-corrected chi connectivity index (χ2v) is 2.24. The predicted octanol–water partition coefficient (Wildman–Crippen LogP) is 0.710. The van der Waals surface area contributed by atoms with Gasteiger partial charge in [-0.3, -0.25) is 5.41 Å². The van der Waals surface area contributed by atoms with E-state index in [-0.39, 0.29) is 18.9 Å². The van der Waals surface area contributed by atoms with Crippen LogP contribution in [-0.2, 0) is 0 Å². The van der Waals surface area contributed by atoms with Gasteiger partial charge in [0.15, 0.2) is 0 Å². The van der Waals surface area contributed by atoms with Crippen LogP contribution in [0.15, 0.2) is 0 Å². The van der Waals surface area contributed by atoms with Crippen molar-refractivity contribution in [1.29, 1.82) is 5.41 Å². The molecule has 50 valence electrons. The molecule has 0 aliphatic heterocycles. The standard InChI is InChI=1S/C6H14N2.Li.H/c1-3-5(2)4-6(7)8;;/h5H,3-4H2,1-2H3,(H3,7,8);;. The van der Waals surface area contributed by atoms with Crippen LogP contribution >= 0.6 is 0 Å². The number of hydrogen-bond donors (Lipinski definition) is 2. The van der Waals surface area contributed by atoms with Crippen LogP contribution in [-0.4, -0.2) is 24.7 Å². The SMILES string of the molecule is CCC(C)CC(=N)N.[LiH]. The summed E-state index contributed by atoms with van der Waals surface area (Å²) in [5.41, 5.74) is 5.15. The molecule has 0 saturated carbocycles. The number of nitrogens with one attached hydrogen (secondary N) is 1.